The van der Waals surface area contributed by atoms with E-state index in [9.17, 15) is 9.59 Å². The number of nitrogens with zero attached hydrogens (tertiary/aromatic N) is 1. The lowest BCUT2D eigenvalue weighted by Crippen LogP contribution is -2.27. The number of amides is 2. The van der Waals surface area contributed by atoms with Crippen LogP contribution in [0.3, 0.4) is 0 Å². The van der Waals surface area contributed by atoms with Crippen molar-refractivity contribution in [2.24, 2.45) is 5.10 Å². The van der Waals surface area contributed by atoms with Crippen LogP contribution in [0.15, 0.2) is 64.1 Å². The molecule has 0 aliphatic heterocycles. The van der Waals surface area contributed by atoms with Crippen LogP contribution in [-0.2, 0) is 17.8 Å². The molecule has 0 spiro atoms. The van der Waals surface area contributed by atoms with E-state index in [4.69, 9.17) is 20.8 Å². The van der Waals surface area contributed by atoms with Gasteiger partial charge in [-0.15, -0.1) is 0 Å². The van der Waals surface area contributed by atoms with Crippen LogP contribution in [0.5, 0.6) is 5.75 Å². The number of carbonyl (C=O) groups is 2. The Labute approximate surface area is 196 Å². The van der Waals surface area contributed by atoms with Gasteiger partial charge in [-0.3, -0.25) is 9.59 Å². The number of rotatable bonds is 7. The molecular formula is C25H24ClN3O4. The quantitative estimate of drug-likeness (QED) is 0.505. The van der Waals surface area contributed by atoms with E-state index in [0.717, 1.165) is 17.5 Å². The van der Waals surface area contributed by atoms with Gasteiger partial charge in [0.25, 0.3) is 11.8 Å². The minimum atomic E-state index is -0.364. The molecule has 170 valence electrons. The molecule has 0 saturated carbocycles. The third-order valence-electron chi connectivity index (χ3n) is 5.36. The van der Waals surface area contributed by atoms with Gasteiger partial charge in [0.05, 0.1) is 5.71 Å². The molecule has 33 heavy (non-hydrogen) atoms. The van der Waals surface area contributed by atoms with Crippen LogP contribution >= 0.6 is 11.6 Å². The number of benzene rings is 2. The Morgan fingerprint density at radius 2 is 1.85 bits per heavy atom. The van der Waals surface area contributed by atoms with Crippen molar-refractivity contribution >= 4 is 29.1 Å². The number of fused-ring (bicyclic) bond motifs is 1. The number of halogens is 1. The third kappa shape index (κ3) is 5.43. The minimum absolute atomic E-state index is 0.145. The summed E-state index contributed by atoms with van der Waals surface area (Å²) in [5.74, 6) is 0.882. The fourth-order valence-corrected chi connectivity index (χ4v) is 3.92. The van der Waals surface area contributed by atoms with Gasteiger partial charge in [-0.2, -0.15) is 5.10 Å². The SMILES string of the molecule is Cc1c(C(=O)NCc2ccccc2Cl)oc2c1/C(=N/NC(=O)COc1ccccc1)CCC2. The highest BCUT2D eigenvalue weighted by Crippen LogP contribution is 2.30. The van der Waals surface area contributed by atoms with Gasteiger partial charge in [-0.05, 0) is 43.5 Å². The lowest BCUT2D eigenvalue weighted by molar-refractivity contribution is -0.123. The van der Waals surface area contributed by atoms with Crippen LogP contribution in [-0.4, -0.2) is 24.1 Å². The van der Waals surface area contributed by atoms with E-state index < -0.39 is 0 Å². The molecule has 8 heteroatoms. The van der Waals surface area contributed by atoms with Crippen LogP contribution in [0.1, 0.15) is 45.8 Å². The van der Waals surface area contributed by atoms with Crippen LogP contribution < -0.4 is 15.5 Å². The van der Waals surface area contributed by atoms with Gasteiger partial charge in [0.15, 0.2) is 12.4 Å². The second-order valence-corrected chi connectivity index (χ2v) is 8.08. The fourth-order valence-electron chi connectivity index (χ4n) is 3.72. The molecule has 0 bridgehead atoms. The van der Waals surface area contributed by atoms with Gasteiger partial charge in [0.2, 0.25) is 0 Å². The molecule has 0 saturated heterocycles. The molecule has 7 nitrogen and oxygen atoms in total. The third-order valence-corrected chi connectivity index (χ3v) is 5.73. The molecule has 2 aromatic carbocycles. The second kappa shape index (κ2) is 10.4. The molecule has 1 aliphatic carbocycles. The minimum Gasteiger partial charge on any atom is -0.484 e. The summed E-state index contributed by atoms with van der Waals surface area (Å²) in [7, 11) is 0. The first-order valence-electron chi connectivity index (χ1n) is 10.7. The topological polar surface area (TPSA) is 92.9 Å². The summed E-state index contributed by atoms with van der Waals surface area (Å²) < 4.78 is 11.3. The van der Waals surface area contributed by atoms with Crippen molar-refractivity contribution in [3.05, 3.63) is 87.8 Å². The highest BCUT2D eigenvalue weighted by Gasteiger charge is 2.28. The summed E-state index contributed by atoms with van der Waals surface area (Å²) in [5, 5.41) is 7.76. The monoisotopic (exact) mass is 465 g/mol. The number of hydrazone groups is 1. The van der Waals surface area contributed by atoms with Crippen LogP contribution in [0.2, 0.25) is 5.02 Å². The molecule has 0 radical (unpaired) electrons. The Morgan fingerprint density at radius 3 is 2.64 bits per heavy atom. The maximum absolute atomic E-state index is 12.8. The Hall–Kier alpha value is -3.58. The molecule has 2 N–H and O–H groups in total. The highest BCUT2D eigenvalue weighted by atomic mass is 35.5. The summed E-state index contributed by atoms with van der Waals surface area (Å²) >= 11 is 6.17. The predicted octanol–water partition coefficient (Wildman–Crippen LogP) is 4.41. The first-order valence-corrected chi connectivity index (χ1v) is 11.1. The van der Waals surface area contributed by atoms with Crippen LogP contribution in [0.25, 0.3) is 0 Å². The average molecular weight is 466 g/mol. The Kier molecular flexibility index (Phi) is 7.10. The number of hydrogen-bond donors (Lipinski definition) is 2. The molecule has 0 unspecified atom stereocenters. The maximum Gasteiger partial charge on any atom is 0.287 e. The Balaban J connectivity index is 1.42. The van der Waals surface area contributed by atoms with Crippen molar-refractivity contribution in [1.29, 1.82) is 0 Å². The molecule has 3 aromatic rings. The standard InChI is InChI=1S/C25H24ClN3O4/c1-16-23-20(28-29-22(30)15-32-18-9-3-2-4-10-18)12-7-13-21(23)33-24(16)25(31)27-14-17-8-5-6-11-19(17)26/h2-6,8-11H,7,12-15H2,1H3,(H,27,31)(H,29,30)/b28-20+. The van der Waals surface area contributed by atoms with Gasteiger partial charge in [0, 0.05) is 29.1 Å². The zero-order chi connectivity index (χ0) is 23.2. The maximum atomic E-state index is 12.8. The number of hydrogen-bond acceptors (Lipinski definition) is 5. The summed E-state index contributed by atoms with van der Waals surface area (Å²) in [5.41, 5.74) is 5.55. The molecule has 0 fully saturated rings. The number of para-hydroxylation sites is 1. The largest absolute Gasteiger partial charge is 0.484 e. The number of ether oxygens (including phenoxy) is 1. The number of nitrogens with one attached hydrogen (secondary N) is 2. The van der Waals surface area contributed by atoms with E-state index in [1.54, 1.807) is 18.2 Å². The van der Waals surface area contributed by atoms with E-state index in [0.29, 0.717) is 47.2 Å². The molecule has 1 aromatic heterocycles. The number of furan rings is 1. The normalized spacial score (nSPS) is 13.9. The van der Waals surface area contributed by atoms with Crippen LogP contribution in [0, 0.1) is 6.92 Å². The summed E-state index contributed by atoms with van der Waals surface area (Å²) in [6, 6.07) is 16.4. The highest BCUT2D eigenvalue weighted by molar-refractivity contribution is 6.31. The smallest absolute Gasteiger partial charge is 0.287 e. The summed E-state index contributed by atoms with van der Waals surface area (Å²) in [6.07, 6.45) is 2.20. The van der Waals surface area contributed by atoms with E-state index >= 15 is 0 Å². The van der Waals surface area contributed by atoms with Crippen molar-refractivity contribution in [2.45, 2.75) is 32.7 Å². The van der Waals surface area contributed by atoms with Gasteiger partial charge < -0.3 is 14.5 Å². The first kappa shape index (κ1) is 22.6. The molecule has 4 rings (SSSR count). The fraction of sp³-hybridized carbons (Fsp3) is 0.240. The number of carbonyl (C=O) groups excluding carboxylic acids is 2. The van der Waals surface area contributed by atoms with E-state index in [1.165, 1.54) is 0 Å². The second-order valence-electron chi connectivity index (χ2n) is 7.68. The van der Waals surface area contributed by atoms with Gasteiger partial charge in [0.1, 0.15) is 11.5 Å². The Bertz CT molecular complexity index is 1190. The van der Waals surface area contributed by atoms with E-state index in [-0.39, 0.29) is 24.2 Å². The van der Waals surface area contributed by atoms with Crippen molar-refractivity contribution in [2.75, 3.05) is 6.61 Å². The zero-order valence-corrected chi connectivity index (χ0v) is 18.9. The van der Waals surface area contributed by atoms with Gasteiger partial charge in [-0.25, -0.2) is 5.43 Å². The van der Waals surface area contributed by atoms with Crippen molar-refractivity contribution in [3.8, 4) is 5.75 Å². The lowest BCUT2D eigenvalue weighted by Gasteiger charge is -2.13. The molecule has 2 amide bonds. The molecular weight excluding hydrogens is 442 g/mol. The lowest BCUT2D eigenvalue weighted by atomic mass is 9.93. The zero-order valence-electron chi connectivity index (χ0n) is 18.2. The number of aryl methyl sites for hydroxylation is 1. The van der Waals surface area contributed by atoms with Crippen molar-refractivity contribution in [1.82, 2.24) is 10.7 Å². The average Bonchev–Trinajstić information content (AvgIpc) is 3.18. The predicted molar refractivity (Wildman–Crippen MR) is 126 cm³/mol. The molecule has 1 heterocycles. The molecule has 1 aliphatic rings. The Morgan fingerprint density at radius 1 is 1.09 bits per heavy atom. The summed E-state index contributed by atoms with van der Waals surface area (Å²) in [6.45, 7) is 1.98. The van der Waals surface area contributed by atoms with E-state index in [1.807, 2.05) is 43.3 Å². The van der Waals surface area contributed by atoms with Gasteiger partial charge in [-0.1, -0.05) is 48.0 Å². The van der Waals surface area contributed by atoms with E-state index in [2.05, 4.69) is 15.8 Å². The van der Waals surface area contributed by atoms with Crippen LogP contribution in [0.4, 0.5) is 0 Å². The van der Waals surface area contributed by atoms with Crippen molar-refractivity contribution in [3.63, 3.8) is 0 Å². The molecule has 0 atom stereocenters. The van der Waals surface area contributed by atoms with Crippen molar-refractivity contribution < 1.29 is 18.7 Å². The first-order chi connectivity index (χ1) is 16.0. The van der Waals surface area contributed by atoms with Gasteiger partial charge >= 0.3 is 0 Å². The summed E-state index contributed by atoms with van der Waals surface area (Å²) in [4.78, 5) is 25.0.